The Morgan fingerprint density at radius 1 is 1.27 bits per heavy atom. The number of aliphatic imine (C=N–C) groups is 1. The van der Waals surface area contributed by atoms with Crippen molar-refractivity contribution >= 4 is 21.5 Å². The first kappa shape index (κ1) is 18.8. The van der Waals surface area contributed by atoms with Crippen molar-refractivity contribution in [3.8, 4) is 0 Å². The fourth-order valence-corrected chi connectivity index (χ4v) is 4.76. The van der Waals surface area contributed by atoms with Crippen LogP contribution in [0, 0.1) is 0 Å². The Morgan fingerprint density at radius 3 is 2.65 bits per heavy atom. The van der Waals surface area contributed by atoms with Gasteiger partial charge in [0, 0.05) is 45.5 Å². The molecule has 0 aliphatic carbocycles. The first-order valence-corrected chi connectivity index (χ1v) is 10.6. The van der Waals surface area contributed by atoms with Gasteiger partial charge in [-0.2, -0.15) is 0 Å². The second-order valence-corrected chi connectivity index (χ2v) is 10.2. The van der Waals surface area contributed by atoms with E-state index in [1.807, 2.05) is 4.90 Å². The van der Waals surface area contributed by atoms with Crippen molar-refractivity contribution in [2.75, 3.05) is 43.9 Å². The van der Waals surface area contributed by atoms with Crippen molar-refractivity contribution in [3.63, 3.8) is 0 Å². The van der Waals surface area contributed by atoms with Crippen LogP contribution >= 0.6 is 0 Å². The summed E-state index contributed by atoms with van der Waals surface area (Å²) in [5, 5.41) is 3.39. The minimum absolute atomic E-state index is 0.165. The molecule has 0 radical (unpaired) electrons. The Hall–Kier alpha value is -2.02. The van der Waals surface area contributed by atoms with Crippen LogP contribution in [0.5, 0.6) is 0 Å². The molecule has 1 aromatic carbocycles. The quantitative estimate of drug-likeness (QED) is 0.494. The van der Waals surface area contributed by atoms with Crippen molar-refractivity contribution in [3.05, 3.63) is 42.0 Å². The zero-order chi connectivity index (χ0) is 18.8. The average Bonchev–Trinajstić information content (AvgIpc) is 3.13. The third kappa shape index (κ3) is 3.87. The predicted molar refractivity (Wildman–Crippen MR) is 107 cm³/mol. The molecule has 0 atom stereocenters. The maximum Gasteiger partial charge on any atom is 0.193 e. The predicted octanol–water partition coefficient (Wildman–Crippen LogP) is 1.65. The van der Waals surface area contributed by atoms with Gasteiger partial charge in [-0.15, -0.1) is 0 Å². The topological polar surface area (TPSA) is 65.0 Å². The molecular formula is C19H28N4O2S. The van der Waals surface area contributed by atoms with Gasteiger partial charge in [0.25, 0.3) is 0 Å². The van der Waals surface area contributed by atoms with E-state index in [4.69, 9.17) is 0 Å². The average molecular weight is 377 g/mol. The first-order valence-electron chi connectivity index (χ1n) is 8.99. The van der Waals surface area contributed by atoms with Crippen molar-refractivity contribution < 1.29 is 8.42 Å². The van der Waals surface area contributed by atoms with Crippen LogP contribution in [0.25, 0.3) is 0 Å². The van der Waals surface area contributed by atoms with Crippen molar-refractivity contribution in [1.82, 2.24) is 10.2 Å². The van der Waals surface area contributed by atoms with E-state index in [2.05, 4.69) is 51.6 Å². The van der Waals surface area contributed by atoms with Crippen molar-refractivity contribution in [1.29, 1.82) is 0 Å². The van der Waals surface area contributed by atoms with E-state index in [9.17, 15) is 8.42 Å². The Bertz CT molecular complexity index is 807. The molecule has 26 heavy (non-hydrogen) atoms. The fraction of sp³-hybridized carbons (Fsp3) is 0.526. The number of hydrogen-bond donors (Lipinski definition) is 1. The summed E-state index contributed by atoms with van der Waals surface area (Å²) in [5.41, 5.74) is 2.40. The van der Waals surface area contributed by atoms with Gasteiger partial charge in [-0.3, -0.25) is 4.99 Å². The maximum absolute atomic E-state index is 12.2. The highest BCUT2D eigenvalue weighted by Gasteiger charge is 2.40. The summed E-state index contributed by atoms with van der Waals surface area (Å²) < 4.78 is 23.7. The smallest absolute Gasteiger partial charge is 0.193 e. The van der Waals surface area contributed by atoms with Gasteiger partial charge in [-0.05, 0) is 31.5 Å². The number of rotatable bonds is 3. The van der Waals surface area contributed by atoms with Crippen LogP contribution in [0.3, 0.4) is 0 Å². The van der Waals surface area contributed by atoms with Gasteiger partial charge in [0.1, 0.15) is 0 Å². The number of guanidine groups is 1. The molecule has 0 unspecified atom stereocenters. The zero-order valence-corrected chi connectivity index (χ0v) is 16.6. The summed E-state index contributed by atoms with van der Waals surface area (Å²) in [5.74, 6) is 0.916. The highest BCUT2D eigenvalue weighted by atomic mass is 32.2. The molecule has 2 aliphatic rings. The van der Waals surface area contributed by atoms with E-state index in [1.54, 1.807) is 20.9 Å². The Morgan fingerprint density at radius 2 is 2.00 bits per heavy atom. The minimum Gasteiger partial charge on any atom is -0.364 e. The highest BCUT2D eigenvalue weighted by molar-refractivity contribution is 7.92. The van der Waals surface area contributed by atoms with Gasteiger partial charge < -0.3 is 15.1 Å². The lowest BCUT2D eigenvalue weighted by Crippen LogP contribution is -2.57. The zero-order valence-electron chi connectivity index (χ0n) is 15.8. The van der Waals surface area contributed by atoms with Crippen LogP contribution in [0.15, 0.2) is 41.4 Å². The number of benzene rings is 1. The summed E-state index contributed by atoms with van der Waals surface area (Å²) in [6.07, 6.45) is 4.36. The minimum atomic E-state index is -3.05. The molecule has 0 aromatic heterocycles. The third-order valence-corrected chi connectivity index (χ3v) is 7.63. The molecule has 1 fully saturated rings. The Balaban J connectivity index is 1.64. The second-order valence-electron chi connectivity index (χ2n) is 7.45. The van der Waals surface area contributed by atoms with Crippen LogP contribution < -0.4 is 10.2 Å². The number of nitrogens with zero attached hydrogens (tertiary/aromatic N) is 3. The first-order chi connectivity index (χ1) is 12.3. The molecule has 6 nitrogen and oxygen atoms in total. The molecule has 0 spiro atoms. The summed E-state index contributed by atoms with van der Waals surface area (Å²) >= 11 is 0. The molecule has 1 aromatic rings. The SMILES string of the molecule is CN=C(NCc1cccc(N2CC=CC2)c1)N1CCS(=O)(=O)C(C)(C)C1. The van der Waals surface area contributed by atoms with E-state index in [0.717, 1.165) is 19.0 Å². The summed E-state index contributed by atoms with van der Waals surface area (Å²) in [6, 6.07) is 8.49. The molecule has 0 bridgehead atoms. The lowest BCUT2D eigenvalue weighted by molar-refractivity contribution is 0.353. The van der Waals surface area contributed by atoms with Gasteiger partial charge >= 0.3 is 0 Å². The summed E-state index contributed by atoms with van der Waals surface area (Å²) in [7, 11) is -1.31. The van der Waals surface area contributed by atoms with E-state index in [1.165, 1.54) is 11.3 Å². The number of hydrogen-bond acceptors (Lipinski definition) is 4. The van der Waals surface area contributed by atoms with Crippen molar-refractivity contribution in [2.45, 2.75) is 25.1 Å². The van der Waals surface area contributed by atoms with E-state index < -0.39 is 14.6 Å². The lowest BCUT2D eigenvalue weighted by Gasteiger charge is -2.39. The molecule has 142 valence electrons. The summed E-state index contributed by atoms with van der Waals surface area (Å²) in [6.45, 7) is 7.07. The van der Waals surface area contributed by atoms with Crippen LogP contribution in [-0.4, -0.2) is 63.0 Å². The normalized spacial score (nSPS) is 21.9. The monoisotopic (exact) mass is 376 g/mol. The Labute approximate surface area is 156 Å². The van der Waals surface area contributed by atoms with Crippen LogP contribution in [-0.2, 0) is 16.4 Å². The number of anilines is 1. The molecule has 1 N–H and O–H groups in total. The van der Waals surface area contributed by atoms with Gasteiger partial charge in [0.05, 0.1) is 10.5 Å². The van der Waals surface area contributed by atoms with Crippen molar-refractivity contribution in [2.24, 2.45) is 4.99 Å². The molecule has 2 heterocycles. The molecule has 7 heteroatoms. The molecule has 2 aliphatic heterocycles. The maximum atomic E-state index is 12.2. The van der Waals surface area contributed by atoms with Gasteiger partial charge in [-0.25, -0.2) is 8.42 Å². The molecule has 0 amide bonds. The molecule has 3 rings (SSSR count). The third-order valence-electron chi connectivity index (χ3n) is 5.10. The van der Waals surface area contributed by atoms with Gasteiger partial charge in [0.15, 0.2) is 15.8 Å². The highest BCUT2D eigenvalue weighted by Crippen LogP contribution is 2.24. The molecule has 0 saturated carbocycles. The lowest BCUT2D eigenvalue weighted by atomic mass is 10.2. The largest absolute Gasteiger partial charge is 0.364 e. The second kappa shape index (κ2) is 7.31. The fourth-order valence-electron chi connectivity index (χ4n) is 3.39. The van der Waals surface area contributed by atoms with Gasteiger partial charge in [-0.1, -0.05) is 24.3 Å². The van der Waals surface area contributed by atoms with E-state index in [-0.39, 0.29) is 5.75 Å². The molecule has 1 saturated heterocycles. The number of sulfone groups is 1. The van der Waals surface area contributed by atoms with Crippen LogP contribution in [0.4, 0.5) is 5.69 Å². The Kier molecular flexibility index (Phi) is 5.27. The van der Waals surface area contributed by atoms with E-state index >= 15 is 0 Å². The standard InChI is InChI=1S/C19H28N4O2S/c1-19(2)15-23(11-12-26(19,24)25)18(20-3)21-14-16-7-6-8-17(13-16)22-9-4-5-10-22/h4-8,13H,9-12,14-15H2,1-3H3,(H,20,21). The summed E-state index contributed by atoms with van der Waals surface area (Å²) in [4.78, 5) is 8.71. The van der Waals surface area contributed by atoms with Crippen LogP contribution in [0.2, 0.25) is 0 Å². The van der Waals surface area contributed by atoms with E-state index in [0.29, 0.717) is 19.6 Å². The molecular weight excluding hydrogens is 348 g/mol. The van der Waals surface area contributed by atoms with Crippen LogP contribution in [0.1, 0.15) is 19.4 Å². The number of nitrogens with one attached hydrogen (secondary N) is 1. The van der Waals surface area contributed by atoms with Gasteiger partial charge in [0.2, 0.25) is 0 Å².